The molecule has 31 heavy (non-hydrogen) atoms. The molecular formula is C23H25N3O5. The fraction of sp³-hybridized carbons (Fsp3) is 0.261. The number of aromatic nitrogens is 2. The van der Waals surface area contributed by atoms with Crippen molar-refractivity contribution in [3.8, 4) is 11.5 Å². The second kappa shape index (κ2) is 9.34. The average molecular weight is 423 g/mol. The van der Waals surface area contributed by atoms with Gasteiger partial charge in [-0.05, 0) is 50.1 Å². The molecule has 0 saturated heterocycles. The summed E-state index contributed by atoms with van der Waals surface area (Å²) in [5, 5.41) is 6.70. The molecule has 0 spiro atoms. The summed E-state index contributed by atoms with van der Waals surface area (Å²) in [4.78, 5) is 23.9. The van der Waals surface area contributed by atoms with Gasteiger partial charge >= 0.3 is 0 Å². The van der Waals surface area contributed by atoms with E-state index < -0.39 is 0 Å². The first kappa shape index (κ1) is 21.9. The number of carbonyl (C=O) groups excluding carboxylic acids is 1. The van der Waals surface area contributed by atoms with Gasteiger partial charge in [0.1, 0.15) is 12.4 Å². The van der Waals surface area contributed by atoms with Gasteiger partial charge < -0.3 is 23.9 Å². The summed E-state index contributed by atoms with van der Waals surface area (Å²) in [7, 11) is 3.19. The van der Waals surface area contributed by atoms with E-state index in [1.807, 2.05) is 19.9 Å². The van der Waals surface area contributed by atoms with E-state index in [1.165, 1.54) is 16.7 Å². The van der Waals surface area contributed by atoms with Gasteiger partial charge in [-0.2, -0.15) is 0 Å². The minimum absolute atomic E-state index is 0.130. The Labute approximate surface area is 180 Å². The van der Waals surface area contributed by atoms with E-state index in [0.717, 1.165) is 22.6 Å². The van der Waals surface area contributed by atoms with Crippen LogP contribution in [0, 0.1) is 20.8 Å². The monoisotopic (exact) mass is 423 g/mol. The van der Waals surface area contributed by atoms with Crippen molar-refractivity contribution in [1.29, 1.82) is 0 Å². The van der Waals surface area contributed by atoms with Gasteiger partial charge in [-0.3, -0.25) is 9.59 Å². The Morgan fingerprint density at radius 3 is 2.68 bits per heavy atom. The van der Waals surface area contributed by atoms with Gasteiger partial charge in [0.25, 0.3) is 5.56 Å². The zero-order chi connectivity index (χ0) is 22.5. The van der Waals surface area contributed by atoms with E-state index in [2.05, 4.69) is 10.5 Å². The van der Waals surface area contributed by atoms with Crippen LogP contribution in [0.2, 0.25) is 0 Å². The lowest BCUT2D eigenvalue weighted by atomic mass is 10.1. The molecule has 3 aromatic rings. The van der Waals surface area contributed by atoms with E-state index in [1.54, 1.807) is 45.5 Å². The van der Waals surface area contributed by atoms with Crippen LogP contribution in [0.1, 0.15) is 28.1 Å². The number of carbonyl (C=O) groups is 1. The lowest BCUT2D eigenvalue weighted by Gasteiger charge is -2.11. The molecule has 0 atom stereocenters. The molecule has 0 bridgehead atoms. The van der Waals surface area contributed by atoms with Crippen LogP contribution in [-0.2, 0) is 18.4 Å². The lowest BCUT2D eigenvalue weighted by molar-refractivity contribution is -0.111. The van der Waals surface area contributed by atoms with Gasteiger partial charge in [-0.15, -0.1) is 0 Å². The molecule has 8 nitrogen and oxygen atoms in total. The standard InChI is InChI=1S/C23H25N3O5/c1-14-10-23(28)26(4)12-19(14)24-22(27)9-7-17-6-8-20(21(11-17)29-5)30-13-18-15(2)25-31-16(18)3/h6-12H,13H2,1-5H3,(H,24,27)/b9-7-. The highest BCUT2D eigenvalue weighted by atomic mass is 16.5. The largest absolute Gasteiger partial charge is 0.493 e. The van der Waals surface area contributed by atoms with Gasteiger partial charge in [-0.25, -0.2) is 0 Å². The Kier molecular flexibility index (Phi) is 6.59. The number of ether oxygens (including phenoxy) is 2. The molecule has 0 radical (unpaired) electrons. The summed E-state index contributed by atoms with van der Waals surface area (Å²) in [6, 6.07) is 6.87. The summed E-state index contributed by atoms with van der Waals surface area (Å²) in [6.45, 7) is 5.79. The minimum Gasteiger partial charge on any atom is -0.493 e. The van der Waals surface area contributed by atoms with Crippen molar-refractivity contribution in [3.63, 3.8) is 0 Å². The van der Waals surface area contributed by atoms with Crippen LogP contribution >= 0.6 is 0 Å². The molecule has 2 heterocycles. The van der Waals surface area contributed by atoms with Gasteiger partial charge in [0.2, 0.25) is 5.91 Å². The fourth-order valence-corrected chi connectivity index (χ4v) is 2.97. The summed E-state index contributed by atoms with van der Waals surface area (Å²) in [5.74, 6) is 1.53. The maximum atomic E-state index is 12.3. The van der Waals surface area contributed by atoms with Crippen molar-refractivity contribution in [2.24, 2.45) is 7.05 Å². The maximum Gasteiger partial charge on any atom is 0.250 e. The van der Waals surface area contributed by atoms with Crippen molar-refractivity contribution in [3.05, 3.63) is 75.0 Å². The SMILES string of the molecule is COc1cc(/C=C\C(=O)Nc2cn(C)c(=O)cc2C)ccc1OCc1c(C)noc1C. The smallest absolute Gasteiger partial charge is 0.250 e. The van der Waals surface area contributed by atoms with Gasteiger partial charge in [0.15, 0.2) is 11.5 Å². The first-order valence-electron chi connectivity index (χ1n) is 9.67. The molecule has 0 unspecified atom stereocenters. The Morgan fingerprint density at radius 1 is 1.23 bits per heavy atom. The highest BCUT2D eigenvalue weighted by Gasteiger charge is 2.12. The van der Waals surface area contributed by atoms with Gasteiger partial charge in [0, 0.05) is 25.4 Å². The molecule has 8 heteroatoms. The normalized spacial score (nSPS) is 11.0. The Balaban J connectivity index is 1.69. The lowest BCUT2D eigenvalue weighted by Crippen LogP contribution is -2.18. The van der Waals surface area contributed by atoms with Crippen LogP contribution in [-0.4, -0.2) is 22.7 Å². The number of rotatable bonds is 7. The van der Waals surface area contributed by atoms with E-state index >= 15 is 0 Å². The van der Waals surface area contributed by atoms with Crippen molar-refractivity contribution < 1.29 is 18.8 Å². The molecule has 162 valence electrons. The highest BCUT2D eigenvalue weighted by molar-refractivity contribution is 6.02. The summed E-state index contributed by atoms with van der Waals surface area (Å²) >= 11 is 0. The molecule has 1 aromatic carbocycles. The molecule has 0 saturated carbocycles. The molecule has 3 rings (SSSR count). The Morgan fingerprint density at radius 2 is 2.00 bits per heavy atom. The predicted molar refractivity (Wildman–Crippen MR) is 117 cm³/mol. The molecule has 1 amide bonds. The van der Waals surface area contributed by atoms with E-state index in [4.69, 9.17) is 14.0 Å². The Hall–Kier alpha value is -3.81. The number of methoxy groups -OCH3 is 1. The van der Waals surface area contributed by atoms with Gasteiger partial charge in [0.05, 0.1) is 24.1 Å². The number of nitrogens with zero attached hydrogens (tertiary/aromatic N) is 2. The van der Waals surface area contributed by atoms with Crippen molar-refractivity contribution >= 4 is 17.7 Å². The molecule has 0 aliphatic rings. The number of benzene rings is 1. The third-order valence-electron chi connectivity index (χ3n) is 4.86. The molecule has 0 aliphatic carbocycles. The molecular weight excluding hydrogens is 398 g/mol. The van der Waals surface area contributed by atoms with Crippen LogP contribution in [0.4, 0.5) is 5.69 Å². The summed E-state index contributed by atoms with van der Waals surface area (Å²) in [5.41, 5.74) is 3.61. The number of anilines is 1. The van der Waals surface area contributed by atoms with E-state index in [9.17, 15) is 9.59 Å². The third kappa shape index (κ3) is 5.22. The number of pyridine rings is 1. The quantitative estimate of drug-likeness (QED) is 0.584. The van der Waals surface area contributed by atoms with E-state index in [0.29, 0.717) is 29.4 Å². The third-order valence-corrected chi connectivity index (χ3v) is 4.86. The topological polar surface area (TPSA) is 95.6 Å². The summed E-state index contributed by atoms with van der Waals surface area (Å²) in [6.07, 6.45) is 4.69. The predicted octanol–water partition coefficient (Wildman–Crippen LogP) is 3.54. The highest BCUT2D eigenvalue weighted by Crippen LogP contribution is 2.30. The molecule has 0 fully saturated rings. The fourth-order valence-electron chi connectivity index (χ4n) is 2.97. The molecule has 2 aromatic heterocycles. The van der Waals surface area contributed by atoms with Gasteiger partial charge in [-0.1, -0.05) is 11.2 Å². The second-order valence-corrected chi connectivity index (χ2v) is 7.14. The van der Waals surface area contributed by atoms with Crippen LogP contribution in [0.15, 0.2) is 45.9 Å². The first-order chi connectivity index (χ1) is 14.8. The maximum absolute atomic E-state index is 12.3. The zero-order valence-electron chi connectivity index (χ0n) is 18.2. The average Bonchev–Trinajstić information content (AvgIpc) is 3.06. The molecule has 0 aliphatic heterocycles. The second-order valence-electron chi connectivity index (χ2n) is 7.14. The minimum atomic E-state index is -0.306. The van der Waals surface area contributed by atoms with Crippen molar-refractivity contribution in [2.75, 3.05) is 12.4 Å². The molecule has 1 N–H and O–H groups in total. The number of hydrogen-bond donors (Lipinski definition) is 1. The van der Waals surface area contributed by atoms with Crippen molar-refractivity contribution in [1.82, 2.24) is 9.72 Å². The number of amides is 1. The number of hydrogen-bond acceptors (Lipinski definition) is 6. The van der Waals surface area contributed by atoms with Crippen LogP contribution in [0.3, 0.4) is 0 Å². The van der Waals surface area contributed by atoms with Crippen molar-refractivity contribution in [2.45, 2.75) is 27.4 Å². The van der Waals surface area contributed by atoms with Crippen LogP contribution < -0.4 is 20.3 Å². The van der Waals surface area contributed by atoms with E-state index in [-0.39, 0.29) is 11.5 Å². The Bertz CT molecular complexity index is 1170. The number of nitrogens with one attached hydrogen (secondary N) is 1. The van der Waals surface area contributed by atoms with Crippen LogP contribution in [0.25, 0.3) is 6.08 Å². The summed E-state index contributed by atoms with van der Waals surface area (Å²) < 4.78 is 17.9. The number of aryl methyl sites for hydroxylation is 4. The van der Waals surface area contributed by atoms with Crippen LogP contribution in [0.5, 0.6) is 11.5 Å². The first-order valence-corrected chi connectivity index (χ1v) is 9.67. The zero-order valence-corrected chi connectivity index (χ0v) is 18.2.